The molecule has 336 valence electrons. The number of hydrogen-bond acceptors (Lipinski definition) is 14. The van der Waals surface area contributed by atoms with Crippen LogP contribution in [-0.4, -0.2) is 139 Å². The van der Waals surface area contributed by atoms with Gasteiger partial charge in [-0.25, -0.2) is 9.97 Å². The maximum atomic E-state index is 13.4. The third-order valence-electron chi connectivity index (χ3n) is 12.8. The first-order valence-corrected chi connectivity index (χ1v) is 22.3. The maximum absolute atomic E-state index is 13.4. The van der Waals surface area contributed by atoms with E-state index in [9.17, 15) is 24.0 Å². The molecule has 0 radical (unpaired) electrons. The molecule has 0 spiro atoms. The number of carbonyl (C=O) groups excluding carboxylic acids is 5. The van der Waals surface area contributed by atoms with Gasteiger partial charge < -0.3 is 45.3 Å². The van der Waals surface area contributed by atoms with Crippen LogP contribution in [0.2, 0.25) is 0 Å². The first-order chi connectivity index (χ1) is 30.6. The zero-order chi connectivity index (χ0) is 44.0. The second-order valence-electron chi connectivity index (χ2n) is 16.8. The van der Waals surface area contributed by atoms with Crippen molar-refractivity contribution in [2.75, 3.05) is 81.7 Å². The molecule has 5 aliphatic rings. The summed E-state index contributed by atoms with van der Waals surface area (Å²) in [6.07, 6.45) is 5.63. The van der Waals surface area contributed by atoms with E-state index in [-0.39, 0.29) is 54.8 Å². The van der Waals surface area contributed by atoms with Crippen LogP contribution in [0.4, 0.5) is 23.0 Å². The van der Waals surface area contributed by atoms with Gasteiger partial charge in [0.15, 0.2) is 17.3 Å². The van der Waals surface area contributed by atoms with Gasteiger partial charge in [-0.2, -0.15) is 0 Å². The molecule has 2 aromatic carbocycles. The Labute approximate surface area is 367 Å². The normalized spacial score (nSPS) is 20.1. The fourth-order valence-electron chi connectivity index (χ4n) is 9.35. The topological polar surface area (TPSA) is 214 Å². The highest BCUT2D eigenvalue weighted by Crippen LogP contribution is 2.36. The Balaban J connectivity index is 0.790. The van der Waals surface area contributed by atoms with Gasteiger partial charge in [-0.05, 0) is 68.7 Å². The van der Waals surface area contributed by atoms with Crippen LogP contribution in [0.3, 0.4) is 0 Å². The number of nitrogens with one attached hydrogen (secondary N) is 3. The number of anilines is 4. The monoisotopic (exact) mass is 866 g/mol. The molecule has 0 aliphatic carbocycles. The van der Waals surface area contributed by atoms with Gasteiger partial charge in [0.1, 0.15) is 17.5 Å². The average Bonchev–Trinajstić information content (AvgIpc) is 3.64. The van der Waals surface area contributed by atoms with Crippen LogP contribution >= 0.6 is 0 Å². The second-order valence-corrected chi connectivity index (χ2v) is 16.8. The Bertz CT molecular complexity index is 2200. The number of benzene rings is 2. The van der Waals surface area contributed by atoms with E-state index in [1.165, 1.54) is 4.90 Å². The van der Waals surface area contributed by atoms with E-state index in [4.69, 9.17) is 24.9 Å². The zero-order valence-electron chi connectivity index (χ0n) is 36.2. The van der Waals surface area contributed by atoms with Gasteiger partial charge in [-0.1, -0.05) is 19.1 Å². The van der Waals surface area contributed by atoms with E-state index in [0.29, 0.717) is 92.3 Å². The van der Waals surface area contributed by atoms with Crippen molar-refractivity contribution in [2.45, 2.75) is 89.4 Å². The molecule has 5 amide bonds. The van der Waals surface area contributed by atoms with Gasteiger partial charge in [-0.15, -0.1) is 0 Å². The molecule has 1 unspecified atom stereocenters. The van der Waals surface area contributed by atoms with Crippen LogP contribution in [0.5, 0.6) is 11.5 Å². The van der Waals surface area contributed by atoms with E-state index in [0.717, 1.165) is 63.1 Å². The average molecular weight is 867 g/mol. The fraction of sp³-hybridized carbons (Fsp3) is 0.533. The number of ether oxygens (including phenoxy) is 3. The minimum atomic E-state index is -0.689. The zero-order valence-corrected chi connectivity index (χ0v) is 36.2. The number of methoxy groups -OCH3 is 1. The highest BCUT2D eigenvalue weighted by Gasteiger charge is 2.40. The molecule has 1 atom stereocenters. The molecule has 18 nitrogen and oxygen atoms in total. The summed E-state index contributed by atoms with van der Waals surface area (Å²) in [4.78, 5) is 80.9. The van der Waals surface area contributed by atoms with Crippen molar-refractivity contribution in [1.82, 2.24) is 30.0 Å². The number of amides is 5. The summed E-state index contributed by atoms with van der Waals surface area (Å²) in [5.41, 5.74) is 9.45. The van der Waals surface area contributed by atoms with Crippen molar-refractivity contribution in [3.63, 3.8) is 0 Å². The molecule has 18 heteroatoms. The number of imide groups is 1. The van der Waals surface area contributed by atoms with E-state index < -0.39 is 17.9 Å². The third kappa shape index (κ3) is 9.81. The summed E-state index contributed by atoms with van der Waals surface area (Å²) in [7, 11) is 1.65. The quantitative estimate of drug-likeness (QED) is 0.128. The number of nitrogens with zero attached hydrogens (tertiary/aromatic N) is 6. The number of primary amides is 1. The van der Waals surface area contributed by atoms with Crippen molar-refractivity contribution in [1.29, 1.82) is 0 Å². The van der Waals surface area contributed by atoms with E-state index in [2.05, 4.69) is 30.7 Å². The molecule has 3 aromatic rings. The molecule has 5 N–H and O–H groups in total. The highest BCUT2D eigenvalue weighted by molar-refractivity contribution is 6.06. The molecule has 8 rings (SSSR count). The van der Waals surface area contributed by atoms with Crippen molar-refractivity contribution in [2.24, 2.45) is 5.73 Å². The van der Waals surface area contributed by atoms with Gasteiger partial charge in [0, 0.05) is 95.7 Å². The van der Waals surface area contributed by atoms with Crippen LogP contribution in [0, 0.1) is 0 Å². The van der Waals surface area contributed by atoms with Crippen molar-refractivity contribution < 1.29 is 38.2 Å². The highest BCUT2D eigenvalue weighted by atomic mass is 16.5. The molecule has 63 heavy (non-hydrogen) atoms. The Kier molecular flexibility index (Phi) is 13.6. The lowest BCUT2D eigenvalue weighted by molar-refractivity contribution is -0.137. The van der Waals surface area contributed by atoms with Crippen molar-refractivity contribution in [3.8, 4) is 11.5 Å². The maximum Gasteiger partial charge on any atom is 0.271 e. The first-order valence-electron chi connectivity index (χ1n) is 22.3. The van der Waals surface area contributed by atoms with Crippen molar-refractivity contribution in [3.05, 3.63) is 58.9 Å². The Hall–Kier alpha value is -6.01. The summed E-state index contributed by atoms with van der Waals surface area (Å²) >= 11 is 0. The molecular formula is C45H58N10O8. The Morgan fingerprint density at radius 1 is 0.937 bits per heavy atom. The number of nitrogens with two attached hydrogens (primary N) is 1. The standard InChI is InChI=1S/C45H58N10O8/c1-3-32-42(47-29-15-24-62-25-16-29)51-43(40(49-32)41(46)58)48-30-9-10-33(36(26-30)61-2)53-17-13-31(14-18-53)52-19-21-54(22-20-52)38(57)8-5-23-63-35-7-4-6-28-27-55(45(60)39(28)35)34-11-12-37(56)50-44(34)59/h4,6-7,9-10,26,29,31,34H,3,5,8,11-25,27H2,1-2H3,(H2,46,58)(H2,47,48,51)(H,50,56,59). The van der Waals surface area contributed by atoms with E-state index in [1.54, 1.807) is 13.2 Å². The van der Waals surface area contributed by atoms with Gasteiger partial charge in [0.25, 0.3) is 11.8 Å². The number of piperidine rings is 2. The molecule has 1 aromatic heterocycles. The SMILES string of the molecule is CCc1nc(C(N)=O)c(Nc2ccc(N3CCC(N4CCN(C(=O)CCCOc5cccc6c5C(=O)N(C5CCC(=O)NC5=O)C6)CC4)CC3)c(OC)c2)nc1NC1CCOCC1. The summed E-state index contributed by atoms with van der Waals surface area (Å²) in [5, 5.41) is 9.13. The molecule has 5 aliphatic heterocycles. The smallest absolute Gasteiger partial charge is 0.271 e. The largest absolute Gasteiger partial charge is 0.495 e. The number of aromatic nitrogens is 2. The van der Waals surface area contributed by atoms with E-state index in [1.807, 2.05) is 42.2 Å². The number of fused-ring (bicyclic) bond motifs is 1. The molecule has 6 heterocycles. The molecule has 0 saturated carbocycles. The lowest BCUT2D eigenvalue weighted by Gasteiger charge is -2.43. The minimum absolute atomic E-state index is 0.0827. The van der Waals surface area contributed by atoms with Gasteiger partial charge in [0.05, 0.1) is 30.7 Å². The van der Waals surface area contributed by atoms with E-state index >= 15 is 0 Å². The lowest BCUT2D eigenvalue weighted by atomic mass is 10.0. The third-order valence-corrected chi connectivity index (χ3v) is 12.8. The van der Waals surface area contributed by atoms with Crippen LogP contribution in [0.1, 0.15) is 90.4 Å². The first kappa shape index (κ1) is 43.6. The lowest BCUT2D eigenvalue weighted by Crippen LogP contribution is -2.54. The van der Waals surface area contributed by atoms with Crippen LogP contribution < -0.4 is 36.1 Å². The van der Waals surface area contributed by atoms with Crippen LogP contribution in [-0.2, 0) is 32.1 Å². The second kappa shape index (κ2) is 19.6. The van der Waals surface area contributed by atoms with Gasteiger partial charge in [-0.3, -0.25) is 34.2 Å². The molecule has 4 fully saturated rings. The summed E-state index contributed by atoms with van der Waals surface area (Å²) < 4.78 is 17.4. The molecule has 0 bridgehead atoms. The number of hydrogen-bond donors (Lipinski definition) is 4. The Morgan fingerprint density at radius 3 is 2.43 bits per heavy atom. The summed E-state index contributed by atoms with van der Waals surface area (Å²) in [6, 6.07) is 11.2. The Morgan fingerprint density at radius 2 is 1.71 bits per heavy atom. The van der Waals surface area contributed by atoms with Crippen LogP contribution in [0.25, 0.3) is 0 Å². The number of rotatable bonds is 15. The minimum Gasteiger partial charge on any atom is -0.495 e. The summed E-state index contributed by atoms with van der Waals surface area (Å²) in [6.45, 7) is 8.61. The van der Waals surface area contributed by atoms with Crippen molar-refractivity contribution >= 4 is 52.5 Å². The predicted molar refractivity (Wildman–Crippen MR) is 234 cm³/mol. The van der Waals surface area contributed by atoms with Gasteiger partial charge >= 0.3 is 0 Å². The molecular weight excluding hydrogens is 809 g/mol. The fourth-order valence-corrected chi connectivity index (χ4v) is 9.35. The molecule has 4 saturated heterocycles. The number of aryl methyl sites for hydroxylation is 1. The summed E-state index contributed by atoms with van der Waals surface area (Å²) in [5.74, 6) is 0.457. The van der Waals surface area contributed by atoms with Gasteiger partial charge in [0.2, 0.25) is 17.7 Å². The predicted octanol–water partition coefficient (Wildman–Crippen LogP) is 3.21. The number of piperazine rings is 1. The van der Waals surface area contributed by atoms with Crippen LogP contribution in [0.15, 0.2) is 36.4 Å². The number of carbonyl (C=O) groups is 5.